The Labute approximate surface area is 84.0 Å². The van der Waals surface area contributed by atoms with Gasteiger partial charge < -0.3 is 32.0 Å². The summed E-state index contributed by atoms with van der Waals surface area (Å²) in [5, 5.41) is 26.3. The van der Waals surface area contributed by atoms with E-state index in [0.717, 1.165) is 0 Å². The lowest BCUT2D eigenvalue weighted by molar-refractivity contribution is 0.106. The van der Waals surface area contributed by atoms with Crippen molar-refractivity contribution < 1.29 is 26.3 Å². The molecule has 0 aromatic heterocycles. The maximum Gasteiger partial charge on any atom is 0.0436 e. The quantitative estimate of drug-likeness (QED) is 0.367. The molecule has 0 atom stereocenters. The van der Waals surface area contributed by atoms with Gasteiger partial charge in [-0.25, -0.2) is 0 Å². The standard InChI is InChI=1S/C8H19NO3.2H2O/c9-7-8(1-4-10,2-5-11)3-6-12;;/h10-12H,1-7,9H2;2*1H2. The van der Waals surface area contributed by atoms with Gasteiger partial charge >= 0.3 is 0 Å². The van der Waals surface area contributed by atoms with Crippen LogP contribution in [0.3, 0.4) is 0 Å². The van der Waals surface area contributed by atoms with Crippen LogP contribution in [0.25, 0.3) is 0 Å². The Morgan fingerprint density at radius 3 is 1.21 bits per heavy atom. The number of rotatable bonds is 7. The average molecular weight is 213 g/mol. The minimum atomic E-state index is -0.280. The fraction of sp³-hybridized carbons (Fsp3) is 1.00. The predicted octanol–water partition coefficient (Wildman–Crippen LogP) is -2.57. The zero-order chi connectivity index (χ0) is 9.45. The number of nitrogens with two attached hydrogens (primary N) is 1. The third-order valence-corrected chi connectivity index (χ3v) is 2.36. The molecule has 0 fully saturated rings. The highest BCUT2D eigenvalue weighted by Crippen LogP contribution is 2.28. The van der Waals surface area contributed by atoms with Crippen LogP contribution in [0, 0.1) is 5.41 Å². The molecule has 0 bridgehead atoms. The molecule has 0 radical (unpaired) electrons. The van der Waals surface area contributed by atoms with Gasteiger partial charge in [-0.3, -0.25) is 0 Å². The van der Waals surface area contributed by atoms with E-state index in [1.165, 1.54) is 0 Å². The summed E-state index contributed by atoms with van der Waals surface area (Å²) in [5.74, 6) is 0. The molecular weight excluding hydrogens is 190 g/mol. The van der Waals surface area contributed by atoms with E-state index in [1.807, 2.05) is 0 Å². The molecule has 90 valence electrons. The number of aliphatic hydroxyl groups excluding tert-OH is 3. The van der Waals surface area contributed by atoms with Gasteiger partial charge in [0, 0.05) is 19.8 Å². The zero-order valence-corrected chi connectivity index (χ0v) is 8.37. The molecular formula is C8H23NO5. The van der Waals surface area contributed by atoms with E-state index in [2.05, 4.69) is 0 Å². The van der Waals surface area contributed by atoms with Gasteiger partial charge in [0.1, 0.15) is 0 Å². The molecule has 9 N–H and O–H groups in total. The smallest absolute Gasteiger partial charge is 0.0436 e. The van der Waals surface area contributed by atoms with Gasteiger partial charge in [-0.2, -0.15) is 0 Å². The van der Waals surface area contributed by atoms with E-state index in [9.17, 15) is 0 Å². The molecule has 0 aromatic carbocycles. The predicted molar refractivity (Wildman–Crippen MR) is 53.8 cm³/mol. The monoisotopic (exact) mass is 213 g/mol. The highest BCUT2D eigenvalue weighted by molar-refractivity contribution is 4.79. The summed E-state index contributed by atoms with van der Waals surface area (Å²) >= 11 is 0. The van der Waals surface area contributed by atoms with Crippen LogP contribution in [0.15, 0.2) is 0 Å². The summed E-state index contributed by atoms with van der Waals surface area (Å²) < 4.78 is 0. The number of hydrogen-bond donors (Lipinski definition) is 4. The Bertz CT molecular complexity index is 94.9. The second kappa shape index (κ2) is 10.8. The van der Waals surface area contributed by atoms with Crippen molar-refractivity contribution in [3.8, 4) is 0 Å². The number of aliphatic hydroxyl groups is 3. The fourth-order valence-electron chi connectivity index (χ4n) is 1.39. The molecule has 0 aliphatic carbocycles. The van der Waals surface area contributed by atoms with E-state index in [0.29, 0.717) is 25.8 Å². The van der Waals surface area contributed by atoms with Crippen molar-refractivity contribution >= 4 is 0 Å². The van der Waals surface area contributed by atoms with E-state index < -0.39 is 0 Å². The molecule has 0 spiro atoms. The molecule has 6 heteroatoms. The van der Waals surface area contributed by atoms with E-state index in [4.69, 9.17) is 21.1 Å². The molecule has 0 aliphatic rings. The Kier molecular flexibility index (Phi) is 15.0. The van der Waals surface area contributed by atoms with Gasteiger partial charge in [-0.05, 0) is 31.2 Å². The van der Waals surface area contributed by atoms with E-state index in [-0.39, 0.29) is 36.2 Å². The van der Waals surface area contributed by atoms with Crippen molar-refractivity contribution in [2.24, 2.45) is 11.1 Å². The van der Waals surface area contributed by atoms with Crippen molar-refractivity contribution in [2.75, 3.05) is 26.4 Å². The minimum absolute atomic E-state index is 0. The molecule has 0 amide bonds. The number of hydrogen-bond acceptors (Lipinski definition) is 4. The van der Waals surface area contributed by atoms with Crippen LogP contribution in [-0.4, -0.2) is 52.6 Å². The molecule has 0 aromatic rings. The SMILES string of the molecule is NCC(CCO)(CCO)CCO.O.O. The van der Waals surface area contributed by atoms with Crippen molar-refractivity contribution in [1.82, 2.24) is 0 Å². The molecule has 0 unspecified atom stereocenters. The molecule has 6 nitrogen and oxygen atoms in total. The van der Waals surface area contributed by atoms with Gasteiger partial charge in [0.05, 0.1) is 0 Å². The Balaban J connectivity index is -0.000000605. The van der Waals surface area contributed by atoms with Crippen LogP contribution < -0.4 is 5.73 Å². The summed E-state index contributed by atoms with van der Waals surface area (Å²) in [4.78, 5) is 0. The normalized spacial score (nSPS) is 10.3. The van der Waals surface area contributed by atoms with Crippen molar-refractivity contribution in [3.63, 3.8) is 0 Å². The lowest BCUT2D eigenvalue weighted by Crippen LogP contribution is -2.33. The maximum atomic E-state index is 8.77. The van der Waals surface area contributed by atoms with Gasteiger partial charge in [-0.15, -0.1) is 0 Å². The summed E-state index contributed by atoms with van der Waals surface area (Å²) in [6.45, 7) is 0.556. The zero-order valence-electron chi connectivity index (χ0n) is 8.37. The van der Waals surface area contributed by atoms with Crippen LogP contribution >= 0.6 is 0 Å². The largest absolute Gasteiger partial charge is 0.412 e. The van der Waals surface area contributed by atoms with Crippen molar-refractivity contribution in [3.05, 3.63) is 0 Å². The van der Waals surface area contributed by atoms with Crippen LogP contribution in [0.5, 0.6) is 0 Å². The van der Waals surface area contributed by atoms with E-state index in [1.54, 1.807) is 0 Å². The van der Waals surface area contributed by atoms with Crippen molar-refractivity contribution in [1.29, 1.82) is 0 Å². The summed E-state index contributed by atoms with van der Waals surface area (Å²) in [6.07, 6.45) is 1.64. The molecule has 0 heterocycles. The molecule has 14 heavy (non-hydrogen) atoms. The fourth-order valence-corrected chi connectivity index (χ4v) is 1.39. The first-order chi connectivity index (χ1) is 5.74. The third-order valence-electron chi connectivity index (χ3n) is 2.36. The highest BCUT2D eigenvalue weighted by atomic mass is 16.3. The first-order valence-electron chi connectivity index (χ1n) is 4.27. The molecule has 0 aliphatic heterocycles. The lowest BCUT2D eigenvalue weighted by atomic mass is 9.79. The third kappa shape index (κ3) is 6.25. The second-order valence-corrected chi connectivity index (χ2v) is 3.12. The Morgan fingerprint density at radius 2 is 1.07 bits per heavy atom. The van der Waals surface area contributed by atoms with Crippen LogP contribution in [-0.2, 0) is 0 Å². The van der Waals surface area contributed by atoms with E-state index >= 15 is 0 Å². The van der Waals surface area contributed by atoms with Gasteiger partial charge in [0.2, 0.25) is 0 Å². The lowest BCUT2D eigenvalue weighted by Gasteiger charge is -2.30. The van der Waals surface area contributed by atoms with Crippen LogP contribution in [0.1, 0.15) is 19.3 Å². The maximum absolute atomic E-state index is 8.77. The first-order valence-corrected chi connectivity index (χ1v) is 4.27. The molecule has 0 saturated carbocycles. The van der Waals surface area contributed by atoms with Crippen molar-refractivity contribution in [2.45, 2.75) is 19.3 Å². The summed E-state index contributed by atoms with van der Waals surface area (Å²) in [7, 11) is 0. The van der Waals surface area contributed by atoms with Gasteiger partial charge in [-0.1, -0.05) is 0 Å². The molecule has 0 rings (SSSR count). The second-order valence-electron chi connectivity index (χ2n) is 3.12. The highest BCUT2D eigenvalue weighted by Gasteiger charge is 2.26. The van der Waals surface area contributed by atoms with Crippen LogP contribution in [0.4, 0.5) is 0 Å². The minimum Gasteiger partial charge on any atom is -0.412 e. The average Bonchev–Trinajstić information content (AvgIpc) is 2.06. The topological polar surface area (TPSA) is 150 Å². The summed E-state index contributed by atoms with van der Waals surface area (Å²) in [5.41, 5.74) is 5.25. The Morgan fingerprint density at radius 1 is 0.786 bits per heavy atom. The van der Waals surface area contributed by atoms with Crippen LogP contribution in [0.2, 0.25) is 0 Å². The Hall–Kier alpha value is -0.240. The van der Waals surface area contributed by atoms with Gasteiger partial charge in [0.25, 0.3) is 0 Å². The summed E-state index contributed by atoms with van der Waals surface area (Å²) in [6, 6.07) is 0. The molecule has 0 saturated heterocycles. The van der Waals surface area contributed by atoms with Gasteiger partial charge in [0.15, 0.2) is 0 Å². The first kappa shape index (κ1) is 19.4.